The van der Waals surface area contributed by atoms with E-state index in [4.69, 9.17) is 16.3 Å². The van der Waals surface area contributed by atoms with Crippen LogP contribution in [0.4, 0.5) is 13.2 Å². The lowest BCUT2D eigenvalue weighted by Crippen LogP contribution is -2.52. The summed E-state index contributed by atoms with van der Waals surface area (Å²) in [6.07, 6.45) is -3.74. The van der Waals surface area contributed by atoms with Crippen molar-refractivity contribution in [2.75, 3.05) is 26.2 Å². The number of benzene rings is 1. The van der Waals surface area contributed by atoms with E-state index in [1.165, 1.54) is 12.3 Å². The standard InChI is InChI=1S/C18H16ClF3N2O3/c19-13-3-1-11(2-4-13)15-5-12(16(26)9-24-7-14(25)8-24)6-23-17(15)27-10-18(20,21)22/h1-6,14,25H,7-10H2. The molecule has 3 rings (SSSR count). The number of carbonyl (C=O) groups excluding carboxylic acids is 1. The van der Waals surface area contributed by atoms with Crippen LogP contribution in [-0.4, -0.2) is 59.3 Å². The van der Waals surface area contributed by atoms with Crippen LogP contribution in [0, 0.1) is 0 Å². The number of ketones is 1. The highest BCUT2D eigenvalue weighted by molar-refractivity contribution is 6.30. The molecule has 5 nitrogen and oxygen atoms in total. The lowest BCUT2D eigenvalue weighted by atomic mass is 10.0. The molecule has 2 heterocycles. The van der Waals surface area contributed by atoms with E-state index in [0.29, 0.717) is 23.7 Å². The van der Waals surface area contributed by atoms with Crippen molar-refractivity contribution in [3.05, 3.63) is 47.1 Å². The third-order valence-electron chi connectivity index (χ3n) is 4.01. The number of ether oxygens (including phenoxy) is 1. The van der Waals surface area contributed by atoms with Crippen molar-refractivity contribution in [1.29, 1.82) is 0 Å². The van der Waals surface area contributed by atoms with Crippen molar-refractivity contribution in [3.63, 3.8) is 0 Å². The molecule has 0 saturated carbocycles. The Morgan fingerprint density at radius 2 is 1.96 bits per heavy atom. The van der Waals surface area contributed by atoms with Gasteiger partial charge in [0.1, 0.15) is 0 Å². The number of alkyl halides is 3. The van der Waals surface area contributed by atoms with Gasteiger partial charge in [0.05, 0.1) is 12.6 Å². The SMILES string of the molecule is O=C(CN1CC(O)C1)c1cnc(OCC(F)(F)F)c(-c2ccc(Cl)cc2)c1. The molecule has 1 aliphatic rings. The van der Waals surface area contributed by atoms with Crippen molar-refractivity contribution < 1.29 is 27.8 Å². The first kappa shape index (κ1) is 19.6. The fraction of sp³-hybridized carbons (Fsp3) is 0.333. The van der Waals surface area contributed by atoms with Crippen molar-refractivity contribution in [1.82, 2.24) is 9.88 Å². The van der Waals surface area contributed by atoms with Gasteiger partial charge in [0.15, 0.2) is 12.4 Å². The molecule has 0 bridgehead atoms. The minimum Gasteiger partial charge on any atom is -0.468 e. The summed E-state index contributed by atoms with van der Waals surface area (Å²) in [5.74, 6) is -0.461. The Bertz CT molecular complexity index is 822. The van der Waals surface area contributed by atoms with Gasteiger partial charge in [-0.25, -0.2) is 4.98 Å². The molecule has 1 fully saturated rings. The molecule has 0 atom stereocenters. The van der Waals surface area contributed by atoms with Crippen LogP contribution in [0.2, 0.25) is 5.02 Å². The van der Waals surface area contributed by atoms with Gasteiger partial charge < -0.3 is 9.84 Å². The Morgan fingerprint density at radius 1 is 1.30 bits per heavy atom. The van der Waals surface area contributed by atoms with Crippen LogP contribution in [0.3, 0.4) is 0 Å². The van der Waals surface area contributed by atoms with E-state index in [1.54, 1.807) is 29.2 Å². The number of aliphatic hydroxyl groups excluding tert-OH is 1. The summed E-state index contributed by atoms with van der Waals surface area (Å²) in [6, 6.07) is 7.85. The molecule has 0 radical (unpaired) electrons. The molecule has 0 amide bonds. The van der Waals surface area contributed by atoms with Crippen LogP contribution in [0.1, 0.15) is 10.4 Å². The minimum absolute atomic E-state index is 0.0988. The average molecular weight is 401 g/mol. The van der Waals surface area contributed by atoms with E-state index >= 15 is 0 Å². The lowest BCUT2D eigenvalue weighted by Gasteiger charge is -2.35. The number of nitrogens with zero attached hydrogens (tertiary/aromatic N) is 2. The predicted molar refractivity (Wildman–Crippen MR) is 93.0 cm³/mol. The van der Waals surface area contributed by atoms with Crippen LogP contribution in [-0.2, 0) is 0 Å². The predicted octanol–water partition coefficient (Wildman–Crippen LogP) is 3.20. The quantitative estimate of drug-likeness (QED) is 0.754. The fourth-order valence-electron chi connectivity index (χ4n) is 2.67. The largest absolute Gasteiger partial charge is 0.468 e. The maximum atomic E-state index is 12.5. The summed E-state index contributed by atoms with van der Waals surface area (Å²) in [5.41, 5.74) is 1.05. The maximum absolute atomic E-state index is 12.5. The number of aliphatic hydroxyl groups is 1. The third kappa shape index (κ3) is 5.18. The first-order valence-electron chi connectivity index (χ1n) is 8.10. The molecule has 1 aromatic heterocycles. The van der Waals surface area contributed by atoms with Crippen LogP contribution < -0.4 is 4.74 Å². The lowest BCUT2D eigenvalue weighted by molar-refractivity contribution is -0.154. The van der Waals surface area contributed by atoms with E-state index in [1.807, 2.05) is 0 Å². The summed E-state index contributed by atoms with van der Waals surface area (Å²) < 4.78 is 42.3. The highest BCUT2D eigenvalue weighted by Crippen LogP contribution is 2.31. The van der Waals surface area contributed by atoms with E-state index in [2.05, 4.69) is 4.98 Å². The molecule has 9 heteroatoms. The van der Waals surface area contributed by atoms with Gasteiger partial charge in [-0.1, -0.05) is 23.7 Å². The molecule has 2 aromatic rings. The molecule has 1 N–H and O–H groups in total. The van der Waals surface area contributed by atoms with Crippen LogP contribution in [0.5, 0.6) is 5.88 Å². The van der Waals surface area contributed by atoms with E-state index in [-0.39, 0.29) is 29.3 Å². The molecule has 0 spiro atoms. The van der Waals surface area contributed by atoms with E-state index in [0.717, 1.165) is 0 Å². The van der Waals surface area contributed by atoms with Crippen molar-refractivity contribution in [2.45, 2.75) is 12.3 Å². The average Bonchev–Trinajstić information content (AvgIpc) is 2.58. The topological polar surface area (TPSA) is 62.7 Å². The zero-order chi connectivity index (χ0) is 19.6. The maximum Gasteiger partial charge on any atom is 0.422 e. The molecular weight excluding hydrogens is 385 g/mol. The fourth-order valence-corrected chi connectivity index (χ4v) is 2.80. The summed E-state index contributed by atoms with van der Waals surface area (Å²) in [5, 5.41) is 9.76. The number of likely N-dealkylation sites (tertiary alicyclic amines) is 1. The number of hydrogen-bond acceptors (Lipinski definition) is 5. The van der Waals surface area contributed by atoms with Crippen LogP contribution in [0.15, 0.2) is 36.5 Å². The number of halogens is 4. The second-order valence-electron chi connectivity index (χ2n) is 6.26. The minimum atomic E-state index is -4.51. The smallest absolute Gasteiger partial charge is 0.422 e. The Kier molecular flexibility index (Phi) is 5.69. The summed E-state index contributed by atoms with van der Waals surface area (Å²) in [4.78, 5) is 18.1. The van der Waals surface area contributed by atoms with Gasteiger partial charge in [-0.3, -0.25) is 9.69 Å². The Balaban J connectivity index is 1.87. The van der Waals surface area contributed by atoms with E-state index in [9.17, 15) is 23.1 Å². The van der Waals surface area contributed by atoms with Crippen molar-refractivity contribution in [2.24, 2.45) is 0 Å². The van der Waals surface area contributed by atoms with Gasteiger partial charge in [-0.15, -0.1) is 0 Å². The monoisotopic (exact) mass is 400 g/mol. The summed E-state index contributed by atoms with van der Waals surface area (Å²) >= 11 is 5.86. The van der Waals surface area contributed by atoms with Crippen LogP contribution >= 0.6 is 11.6 Å². The molecule has 0 unspecified atom stereocenters. The number of aromatic nitrogens is 1. The van der Waals surface area contributed by atoms with Crippen LogP contribution in [0.25, 0.3) is 11.1 Å². The number of pyridine rings is 1. The van der Waals surface area contributed by atoms with Gasteiger partial charge in [-0.05, 0) is 23.8 Å². The molecule has 1 aliphatic heterocycles. The zero-order valence-electron chi connectivity index (χ0n) is 14.0. The molecule has 1 aromatic carbocycles. The van der Waals surface area contributed by atoms with Gasteiger partial charge in [0, 0.05) is 35.4 Å². The Morgan fingerprint density at radius 3 is 2.56 bits per heavy atom. The van der Waals surface area contributed by atoms with Crippen molar-refractivity contribution >= 4 is 17.4 Å². The molecule has 0 aliphatic carbocycles. The number of Topliss-reactive ketones (excluding diaryl/α,β-unsaturated/α-hetero) is 1. The zero-order valence-corrected chi connectivity index (χ0v) is 14.8. The number of rotatable bonds is 6. The molecule has 1 saturated heterocycles. The first-order chi connectivity index (χ1) is 12.7. The summed E-state index contributed by atoms with van der Waals surface area (Å²) in [7, 11) is 0. The molecule has 27 heavy (non-hydrogen) atoms. The van der Waals surface area contributed by atoms with E-state index < -0.39 is 18.9 Å². The molecular formula is C18H16ClF3N2O3. The van der Waals surface area contributed by atoms with Gasteiger partial charge >= 0.3 is 6.18 Å². The van der Waals surface area contributed by atoms with Gasteiger partial charge in [0.2, 0.25) is 5.88 Å². The Hall–Kier alpha value is -2.16. The first-order valence-corrected chi connectivity index (χ1v) is 8.48. The number of β-amino-alcohol motifs (C(OH)–C–C–N with tert-alkyl or cyclic N) is 1. The third-order valence-corrected chi connectivity index (χ3v) is 4.26. The van der Waals surface area contributed by atoms with Gasteiger partial charge in [0.25, 0.3) is 0 Å². The highest BCUT2D eigenvalue weighted by atomic mass is 35.5. The highest BCUT2D eigenvalue weighted by Gasteiger charge is 2.30. The summed E-state index contributed by atoms with van der Waals surface area (Å²) in [6.45, 7) is -0.562. The normalized spacial score (nSPS) is 15.4. The molecule has 144 valence electrons. The van der Waals surface area contributed by atoms with Gasteiger partial charge in [-0.2, -0.15) is 13.2 Å². The second kappa shape index (κ2) is 7.84. The Labute approximate surface area is 158 Å². The number of carbonyl (C=O) groups is 1. The second-order valence-corrected chi connectivity index (χ2v) is 6.69. The number of hydrogen-bond donors (Lipinski definition) is 1. The van der Waals surface area contributed by atoms with Crippen molar-refractivity contribution in [3.8, 4) is 17.0 Å².